The predicted molar refractivity (Wildman–Crippen MR) is 116 cm³/mol. The predicted octanol–water partition coefficient (Wildman–Crippen LogP) is 5.24. The number of primary amides is 1. The van der Waals surface area contributed by atoms with Crippen LogP contribution in [0.15, 0.2) is 18.2 Å². The van der Waals surface area contributed by atoms with Gasteiger partial charge in [0.1, 0.15) is 5.75 Å². The molecule has 0 unspecified atom stereocenters. The number of carbonyl (C=O) groups is 1. The molecule has 0 fully saturated rings. The largest absolute Gasteiger partial charge is 0.484 e. The summed E-state index contributed by atoms with van der Waals surface area (Å²) in [5, 5.41) is 1.11. The highest BCUT2D eigenvalue weighted by atomic mass is 16.5. The van der Waals surface area contributed by atoms with E-state index in [-0.39, 0.29) is 12.0 Å². The molecule has 28 heavy (non-hydrogen) atoms. The molecular weight excluding hydrogens is 348 g/mol. The third-order valence-electron chi connectivity index (χ3n) is 4.52. The molecule has 0 saturated heterocycles. The third kappa shape index (κ3) is 6.22. The van der Waals surface area contributed by atoms with Crippen LogP contribution in [0.4, 0.5) is 0 Å². The Balaban J connectivity index is 2.66. The number of aryl methyl sites for hydroxylation is 1. The molecule has 0 aliphatic heterocycles. The van der Waals surface area contributed by atoms with E-state index in [4.69, 9.17) is 15.5 Å². The summed E-state index contributed by atoms with van der Waals surface area (Å²) >= 11 is 0. The van der Waals surface area contributed by atoms with Crippen LogP contribution in [0.25, 0.3) is 10.9 Å². The fourth-order valence-electron chi connectivity index (χ4n) is 3.39. The number of nitrogens with two attached hydrogens (primary N) is 1. The van der Waals surface area contributed by atoms with Crippen LogP contribution in [0.1, 0.15) is 71.2 Å². The molecule has 153 valence electrons. The molecule has 1 heterocycles. The number of pyridine rings is 1. The van der Waals surface area contributed by atoms with Crippen LogP contribution in [0.3, 0.4) is 0 Å². The van der Waals surface area contributed by atoms with Crippen molar-refractivity contribution in [2.24, 2.45) is 17.1 Å². The van der Waals surface area contributed by atoms with Gasteiger partial charge in [-0.2, -0.15) is 0 Å². The van der Waals surface area contributed by atoms with Gasteiger partial charge in [0.15, 0.2) is 6.61 Å². The second-order valence-corrected chi connectivity index (χ2v) is 9.10. The molecule has 4 nitrogen and oxygen atoms in total. The van der Waals surface area contributed by atoms with Gasteiger partial charge in [-0.15, -0.1) is 0 Å². The minimum absolute atomic E-state index is 0.0577. The van der Waals surface area contributed by atoms with Crippen molar-refractivity contribution in [3.63, 3.8) is 0 Å². The molecule has 0 bridgehead atoms. The fraction of sp³-hybridized carbons (Fsp3) is 0.542. The van der Waals surface area contributed by atoms with Crippen molar-refractivity contribution in [1.29, 1.82) is 0 Å². The summed E-state index contributed by atoms with van der Waals surface area (Å²) < 4.78 is 5.56. The first kappa shape index (κ1) is 22.2. The highest BCUT2D eigenvalue weighted by Crippen LogP contribution is 2.34. The maximum Gasteiger partial charge on any atom is 0.255 e. The lowest BCUT2D eigenvalue weighted by Crippen LogP contribution is -2.20. The second kappa shape index (κ2) is 9.40. The molecule has 1 aromatic carbocycles. The smallest absolute Gasteiger partial charge is 0.255 e. The molecule has 4 heteroatoms. The Morgan fingerprint density at radius 2 is 2.00 bits per heavy atom. The van der Waals surface area contributed by atoms with Crippen LogP contribution in [-0.4, -0.2) is 17.5 Å². The lowest BCUT2D eigenvalue weighted by molar-refractivity contribution is -0.119. The van der Waals surface area contributed by atoms with Crippen molar-refractivity contribution in [3.8, 4) is 5.75 Å². The van der Waals surface area contributed by atoms with Crippen molar-refractivity contribution >= 4 is 16.8 Å². The van der Waals surface area contributed by atoms with Gasteiger partial charge in [0.2, 0.25) is 0 Å². The van der Waals surface area contributed by atoms with E-state index < -0.39 is 5.91 Å². The Morgan fingerprint density at radius 3 is 2.57 bits per heavy atom. The average Bonchev–Trinajstić information content (AvgIpc) is 2.58. The van der Waals surface area contributed by atoms with Crippen molar-refractivity contribution < 1.29 is 9.53 Å². The molecule has 0 aliphatic carbocycles. The quantitative estimate of drug-likeness (QED) is 0.644. The second-order valence-electron chi connectivity index (χ2n) is 9.10. The Bertz CT molecular complexity index is 819. The van der Waals surface area contributed by atoms with Crippen LogP contribution in [-0.2, 0) is 17.6 Å². The zero-order valence-electron chi connectivity index (χ0n) is 18.3. The number of fused-ring (bicyclic) bond motifs is 1. The van der Waals surface area contributed by atoms with E-state index in [1.54, 1.807) is 0 Å². The lowest BCUT2D eigenvalue weighted by Gasteiger charge is -2.24. The SMILES string of the molecule is CCCCc1c([CH]C(C)(C)C)c(CC(C)C)nc2ccc(OCC(N)=O)cc12. The number of nitrogens with zero attached hydrogens (tertiary/aromatic N) is 1. The minimum Gasteiger partial charge on any atom is -0.484 e. The van der Waals surface area contributed by atoms with Gasteiger partial charge in [-0.05, 0) is 66.3 Å². The van der Waals surface area contributed by atoms with E-state index in [0.717, 1.165) is 36.6 Å². The van der Waals surface area contributed by atoms with Crippen molar-refractivity contribution in [3.05, 3.63) is 41.4 Å². The van der Waals surface area contributed by atoms with Crippen molar-refractivity contribution in [1.82, 2.24) is 4.98 Å². The van der Waals surface area contributed by atoms with Gasteiger partial charge in [0, 0.05) is 11.1 Å². The summed E-state index contributed by atoms with van der Waals surface area (Å²) in [6.07, 6.45) is 6.57. The first-order chi connectivity index (χ1) is 13.1. The molecule has 1 aromatic heterocycles. The zero-order chi connectivity index (χ0) is 20.9. The van der Waals surface area contributed by atoms with Crippen LogP contribution >= 0.6 is 0 Å². The number of benzene rings is 1. The van der Waals surface area contributed by atoms with E-state index in [1.165, 1.54) is 16.8 Å². The summed E-state index contributed by atoms with van der Waals surface area (Å²) in [6, 6.07) is 5.87. The zero-order valence-corrected chi connectivity index (χ0v) is 18.3. The number of hydrogen-bond acceptors (Lipinski definition) is 3. The standard InChI is InChI=1S/C24H35N2O2/c1-7-8-9-18-19-13-17(28-15-23(25)27)10-11-21(19)26-22(12-16(2)3)20(18)14-24(4,5)6/h10-11,13-14,16H,7-9,12,15H2,1-6H3,(H2,25,27). The van der Waals surface area contributed by atoms with E-state index in [0.29, 0.717) is 11.7 Å². The molecule has 0 aliphatic rings. The highest BCUT2D eigenvalue weighted by molar-refractivity contribution is 5.86. The number of ether oxygens (including phenoxy) is 1. The summed E-state index contributed by atoms with van der Waals surface area (Å²) in [5.74, 6) is 0.719. The fourth-order valence-corrected chi connectivity index (χ4v) is 3.39. The molecular formula is C24H35N2O2. The first-order valence-corrected chi connectivity index (χ1v) is 10.3. The summed E-state index contributed by atoms with van der Waals surface area (Å²) in [7, 11) is 0. The molecule has 1 radical (unpaired) electrons. The Labute approximate surface area is 169 Å². The van der Waals surface area contributed by atoms with Gasteiger partial charge in [-0.3, -0.25) is 9.78 Å². The van der Waals surface area contributed by atoms with Gasteiger partial charge in [0.25, 0.3) is 5.91 Å². The van der Waals surface area contributed by atoms with Gasteiger partial charge >= 0.3 is 0 Å². The molecule has 0 spiro atoms. The molecule has 1 amide bonds. The average molecular weight is 384 g/mol. The van der Waals surface area contributed by atoms with Crippen molar-refractivity contribution in [2.75, 3.05) is 6.61 Å². The molecule has 2 rings (SSSR count). The Kier molecular flexibility index (Phi) is 7.45. The third-order valence-corrected chi connectivity index (χ3v) is 4.52. The number of hydrogen-bond donors (Lipinski definition) is 1. The monoisotopic (exact) mass is 383 g/mol. The maximum absolute atomic E-state index is 11.1. The van der Waals surface area contributed by atoms with Crippen LogP contribution in [0.2, 0.25) is 0 Å². The lowest BCUT2D eigenvalue weighted by atomic mass is 9.82. The van der Waals surface area contributed by atoms with Gasteiger partial charge in [0.05, 0.1) is 5.52 Å². The molecule has 2 aromatic rings. The van der Waals surface area contributed by atoms with E-state index in [9.17, 15) is 4.79 Å². The number of carbonyl (C=O) groups excluding carboxylic acids is 1. The van der Waals surface area contributed by atoms with E-state index in [2.05, 4.69) is 48.0 Å². The molecule has 0 atom stereocenters. The number of amides is 1. The Morgan fingerprint density at radius 1 is 1.29 bits per heavy atom. The topological polar surface area (TPSA) is 65.2 Å². The van der Waals surface area contributed by atoms with Crippen LogP contribution < -0.4 is 10.5 Å². The number of aromatic nitrogens is 1. The summed E-state index contributed by atoms with van der Waals surface area (Å²) in [5.41, 5.74) is 10.1. The van der Waals surface area contributed by atoms with E-state index >= 15 is 0 Å². The van der Waals surface area contributed by atoms with E-state index in [1.807, 2.05) is 18.2 Å². The van der Waals surface area contributed by atoms with Crippen molar-refractivity contribution in [2.45, 2.75) is 67.2 Å². The minimum atomic E-state index is -0.474. The normalized spacial score (nSPS) is 12.0. The summed E-state index contributed by atoms with van der Waals surface area (Å²) in [6.45, 7) is 13.3. The number of unbranched alkanes of at least 4 members (excludes halogenated alkanes) is 1. The Hall–Kier alpha value is -2.10. The van der Waals surface area contributed by atoms with Gasteiger partial charge in [-0.25, -0.2) is 0 Å². The van der Waals surface area contributed by atoms with Gasteiger partial charge in [-0.1, -0.05) is 48.0 Å². The highest BCUT2D eigenvalue weighted by Gasteiger charge is 2.22. The van der Waals surface area contributed by atoms with Crippen LogP contribution in [0, 0.1) is 17.8 Å². The van der Waals surface area contributed by atoms with Crippen LogP contribution in [0.5, 0.6) is 5.75 Å². The maximum atomic E-state index is 11.1. The van der Waals surface area contributed by atoms with Gasteiger partial charge < -0.3 is 10.5 Å². The first-order valence-electron chi connectivity index (χ1n) is 10.3. The number of rotatable bonds is 9. The molecule has 2 N–H and O–H groups in total. The summed E-state index contributed by atoms with van der Waals surface area (Å²) in [4.78, 5) is 16.1. The molecule has 0 saturated carbocycles.